The number of Topliss-reactive ketones (excluding diaryl/α,β-unsaturated/α-hetero) is 1. The molecule has 2 aliphatic rings. The number of rotatable bonds is 4. The molecule has 2 heterocycles. The number of nitrogens with one attached hydrogen (secondary N) is 1. The highest BCUT2D eigenvalue weighted by Gasteiger charge is 2.39. The van der Waals surface area contributed by atoms with Crippen LogP contribution in [0.2, 0.25) is 0 Å². The zero-order valence-electron chi connectivity index (χ0n) is 16.8. The predicted octanol–water partition coefficient (Wildman–Crippen LogP) is 3.71. The normalized spacial score (nSPS) is 20.3. The summed E-state index contributed by atoms with van der Waals surface area (Å²) < 4.78 is 12.3. The van der Waals surface area contributed by atoms with Gasteiger partial charge in [0.05, 0.1) is 14.2 Å². The second-order valence-corrected chi connectivity index (χ2v) is 7.52. The first-order valence-corrected chi connectivity index (χ1v) is 9.88. The van der Waals surface area contributed by atoms with E-state index in [0.29, 0.717) is 12.4 Å². The number of carbonyl (C=O) groups excluding carboxylic acids is 1. The Kier molecular flexibility index (Phi) is 4.50. The largest absolute Gasteiger partial charge is 0.497 e. The van der Waals surface area contributed by atoms with E-state index < -0.39 is 0 Å². The summed E-state index contributed by atoms with van der Waals surface area (Å²) in [4.78, 5) is 17.7. The zero-order valence-corrected chi connectivity index (χ0v) is 16.8. The second-order valence-electron chi connectivity index (χ2n) is 7.52. The number of allylic oxidation sites excluding steroid dienone is 2. The molecule has 0 fully saturated rings. The van der Waals surface area contributed by atoms with E-state index >= 15 is 0 Å². The Morgan fingerprint density at radius 2 is 1.57 bits per heavy atom. The minimum Gasteiger partial charge on any atom is -0.497 e. The fourth-order valence-corrected chi connectivity index (χ4v) is 4.36. The number of ether oxygens (including phenoxy) is 2. The number of anilines is 1. The number of nitrogens with zero attached hydrogens (tertiary/aromatic N) is 3. The van der Waals surface area contributed by atoms with Crippen LogP contribution in [-0.2, 0) is 4.79 Å². The van der Waals surface area contributed by atoms with Crippen molar-refractivity contribution in [3.63, 3.8) is 0 Å². The van der Waals surface area contributed by atoms with Crippen molar-refractivity contribution >= 4 is 11.7 Å². The van der Waals surface area contributed by atoms with Crippen molar-refractivity contribution in [1.82, 2.24) is 14.8 Å². The van der Waals surface area contributed by atoms with Crippen molar-refractivity contribution in [1.29, 1.82) is 0 Å². The van der Waals surface area contributed by atoms with Gasteiger partial charge in [0.25, 0.3) is 0 Å². The van der Waals surface area contributed by atoms with Gasteiger partial charge in [0, 0.05) is 17.7 Å². The standard InChI is InChI=1S/C23H22N4O3/c1-29-17-7-3-14(4-8-17)16-11-19-21(20(28)12-16)22(27-23(26-19)24-13-25-27)15-5-9-18(30-2)10-6-15/h3-10,13,16,22H,11-12H2,1-2H3,(H,24,25,26). The Morgan fingerprint density at radius 3 is 2.20 bits per heavy atom. The molecule has 30 heavy (non-hydrogen) atoms. The Hall–Kier alpha value is -3.61. The van der Waals surface area contributed by atoms with Crippen LogP contribution in [0, 0.1) is 0 Å². The summed E-state index contributed by atoms with van der Waals surface area (Å²) in [6.45, 7) is 0. The second kappa shape index (κ2) is 7.33. The molecule has 1 aliphatic heterocycles. The number of aromatic nitrogens is 3. The summed E-state index contributed by atoms with van der Waals surface area (Å²) in [5, 5.41) is 7.74. The fraction of sp³-hybridized carbons (Fsp3) is 0.261. The summed E-state index contributed by atoms with van der Waals surface area (Å²) in [5.41, 5.74) is 3.80. The molecule has 7 nitrogen and oxygen atoms in total. The van der Waals surface area contributed by atoms with Gasteiger partial charge >= 0.3 is 0 Å². The minimum atomic E-state index is -0.297. The Balaban J connectivity index is 1.54. The summed E-state index contributed by atoms with van der Waals surface area (Å²) in [5.74, 6) is 2.48. The minimum absolute atomic E-state index is 0.112. The fourth-order valence-electron chi connectivity index (χ4n) is 4.36. The molecule has 0 saturated carbocycles. The van der Waals surface area contributed by atoms with E-state index in [2.05, 4.69) is 15.4 Å². The van der Waals surface area contributed by atoms with Crippen LogP contribution in [0.5, 0.6) is 11.5 Å². The summed E-state index contributed by atoms with van der Waals surface area (Å²) in [7, 11) is 3.29. The number of hydrogen-bond acceptors (Lipinski definition) is 6. The highest BCUT2D eigenvalue weighted by molar-refractivity contribution is 6.00. The quantitative estimate of drug-likeness (QED) is 0.717. The van der Waals surface area contributed by atoms with Gasteiger partial charge in [0.2, 0.25) is 5.95 Å². The maximum absolute atomic E-state index is 13.4. The number of hydrogen-bond donors (Lipinski definition) is 1. The number of fused-ring (bicyclic) bond motifs is 1. The van der Waals surface area contributed by atoms with Crippen LogP contribution in [0.3, 0.4) is 0 Å². The van der Waals surface area contributed by atoms with Gasteiger partial charge < -0.3 is 14.8 Å². The van der Waals surface area contributed by atoms with Crippen molar-refractivity contribution in [3.8, 4) is 11.5 Å². The maximum atomic E-state index is 13.4. The Morgan fingerprint density at radius 1 is 0.933 bits per heavy atom. The molecule has 1 aromatic heterocycles. The molecular weight excluding hydrogens is 380 g/mol. The molecule has 5 rings (SSSR count). The summed E-state index contributed by atoms with van der Waals surface area (Å²) in [6, 6.07) is 15.4. The average Bonchev–Trinajstić information content (AvgIpc) is 3.26. The molecule has 0 bridgehead atoms. The highest BCUT2D eigenvalue weighted by atomic mass is 16.5. The van der Waals surface area contributed by atoms with Crippen LogP contribution < -0.4 is 14.8 Å². The molecule has 2 unspecified atom stereocenters. The van der Waals surface area contributed by atoms with Gasteiger partial charge in [-0.3, -0.25) is 4.79 Å². The smallest absolute Gasteiger partial charge is 0.226 e. The topological polar surface area (TPSA) is 78.3 Å². The Labute approximate surface area is 174 Å². The lowest BCUT2D eigenvalue weighted by Crippen LogP contribution is -2.33. The van der Waals surface area contributed by atoms with Gasteiger partial charge in [-0.1, -0.05) is 24.3 Å². The van der Waals surface area contributed by atoms with Crippen molar-refractivity contribution in [2.45, 2.75) is 24.8 Å². The third-order valence-corrected chi connectivity index (χ3v) is 5.88. The third kappa shape index (κ3) is 3.03. The van der Waals surface area contributed by atoms with Crippen LogP contribution in [0.15, 0.2) is 66.1 Å². The van der Waals surface area contributed by atoms with Crippen LogP contribution in [0.4, 0.5) is 5.95 Å². The van der Waals surface area contributed by atoms with E-state index in [1.54, 1.807) is 18.9 Å². The summed E-state index contributed by atoms with van der Waals surface area (Å²) >= 11 is 0. The molecule has 0 radical (unpaired) electrons. The van der Waals surface area contributed by atoms with Crippen molar-refractivity contribution in [2.24, 2.45) is 0 Å². The van der Waals surface area contributed by atoms with Gasteiger partial charge in [-0.05, 0) is 47.7 Å². The van der Waals surface area contributed by atoms with E-state index in [1.807, 2.05) is 48.5 Å². The molecule has 0 saturated heterocycles. The van der Waals surface area contributed by atoms with E-state index in [4.69, 9.17) is 9.47 Å². The molecule has 152 valence electrons. The van der Waals surface area contributed by atoms with Gasteiger partial charge in [-0.15, -0.1) is 0 Å². The lowest BCUT2D eigenvalue weighted by atomic mass is 9.78. The van der Waals surface area contributed by atoms with E-state index in [9.17, 15) is 4.79 Å². The first-order valence-electron chi connectivity index (χ1n) is 9.88. The van der Waals surface area contributed by atoms with E-state index in [1.165, 1.54) is 6.33 Å². The summed E-state index contributed by atoms with van der Waals surface area (Å²) in [6.07, 6.45) is 2.72. The SMILES string of the molecule is COc1ccc(C2CC(=O)C3=C(C2)Nc2ncnn2C3c2ccc(OC)cc2)cc1. The number of benzene rings is 2. The average molecular weight is 402 g/mol. The number of ketones is 1. The van der Waals surface area contributed by atoms with E-state index in [0.717, 1.165) is 40.3 Å². The predicted molar refractivity (Wildman–Crippen MR) is 112 cm³/mol. The molecule has 0 amide bonds. The van der Waals surface area contributed by atoms with Crippen molar-refractivity contribution in [2.75, 3.05) is 19.5 Å². The Bertz CT molecular complexity index is 1120. The van der Waals surface area contributed by atoms with E-state index in [-0.39, 0.29) is 17.7 Å². The van der Waals surface area contributed by atoms with Crippen LogP contribution >= 0.6 is 0 Å². The molecule has 7 heteroatoms. The van der Waals surface area contributed by atoms with Gasteiger partial charge in [0.15, 0.2) is 5.78 Å². The molecule has 0 spiro atoms. The molecule has 1 aliphatic carbocycles. The monoisotopic (exact) mass is 402 g/mol. The molecule has 2 atom stereocenters. The number of methoxy groups -OCH3 is 2. The lowest BCUT2D eigenvalue weighted by Gasteiger charge is -2.35. The highest BCUT2D eigenvalue weighted by Crippen LogP contribution is 2.44. The van der Waals surface area contributed by atoms with Crippen LogP contribution in [0.1, 0.15) is 35.9 Å². The lowest BCUT2D eigenvalue weighted by molar-refractivity contribution is -0.116. The zero-order chi connectivity index (χ0) is 20.7. The first-order chi connectivity index (χ1) is 14.7. The molecule has 1 N–H and O–H groups in total. The van der Waals surface area contributed by atoms with Crippen LogP contribution in [0.25, 0.3) is 0 Å². The third-order valence-electron chi connectivity index (χ3n) is 5.88. The van der Waals surface area contributed by atoms with Crippen molar-refractivity contribution in [3.05, 3.63) is 77.3 Å². The molecule has 2 aromatic carbocycles. The van der Waals surface area contributed by atoms with Gasteiger partial charge in [0.1, 0.15) is 23.9 Å². The van der Waals surface area contributed by atoms with Crippen molar-refractivity contribution < 1.29 is 14.3 Å². The number of carbonyl (C=O) groups is 1. The van der Waals surface area contributed by atoms with Crippen LogP contribution in [-0.4, -0.2) is 34.8 Å². The molecule has 3 aromatic rings. The molecular formula is C23H22N4O3. The van der Waals surface area contributed by atoms with Gasteiger partial charge in [-0.2, -0.15) is 10.1 Å². The van der Waals surface area contributed by atoms with Gasteiger partial charge in [-0.25, -0.2) is 4.68 Å². The first kappa shape index (κ1) is 18.4. The maximum Gasteiger partial charge on any atom is 0.226 e.